The molecule has 0 bridgehead atoms. The fraction of sp³-hybridized carbons (Fsp3) is 0.676. The Hall–Kier alpha value is -2.82. The SMILES string of the molecule is COCCN(C)CCC[C@@H](C(C)C)N1CC2(CCN(c3ccnnc3Oc3ccc(F)cc3C(=O)N(C(C)C)C(C)C)C2)C1. The summed E-state index contributed by atoms with van der Waals surface area (Å²) in [7, 11) is 3.92. The van der Waals surface area contributed by atoms with Crippen molar-refractivity contribution in [2.45, 2.75) is 78.9 Å². The van der Waals surface area contributed by atoms with E-state index in [1.54, 1.807) is 18.2 Å². The maximum absolute atomic E-state index is 14.4. The van der Waals surface area contributed by atoms with Crippen molar-refractivity contribution in [3.8, 4) is 11.6 Å². The van der Waals surface area contributed by atoms with Crippen molar-refractivity contribution in [1.82, 2.24) is 24.9 Å². The van der Waals surface area contributed by atoms with Gasteiger partial charge in [0.2, 0.25) is 0 Å². The van der Waals surface area contributed by atoms with Gasteiger partial charge in [-0.05, 0) is 90.7 Å². The number of rotatable bonds is 15. The van der Waals surface area contributed by atoms with E-state index >= 15 is 0 Å². The Kier molecular flexibility index (Phi) is 11.6. The van der Waals surface area contributed by atoms with Crippen molar-refractivity contribution in [2.75, 3.05) is 64.9 Å². The number of likely N-dealkylation sites (N-methyl/N-ethyl adjacent to an activating group) is 1. The lowest BCUT2D eigenvalue weighted by molar-refractivity contribution is -0.0344. The molecule has 2 aromatic rings. The lowest BCUT2D eigenvalue weighted by atomic mass is 9.76. The van der Waals surface area contributed by atoms with Crippen LogP contribution in [0.15, 0.2) is 30.5 Å². The number of amides is 1. The Morgan fingerprint density at radius 2 is 1.80 bits per heavy atom. The molecule has 1 aromatic carbocycles. The summed E-state index contributed by atoms with van der Waals surface area (Å²) in [6.45, 7) is 19.3. The zero-order chi connectivity index (χ0) is 32.0. The molecular weight excluding hydrogens is 559 g/mol. The largest absolute Gasteiger partial charge is 0.435 e. The number of hydrogen-bond donors (Lipinski definition) is 0. The highest BCUT2D eigenvalue weighted by Crippen LogP contribution is 2.45. The van der Waals surface area contributed by atoms with E-state index in [4.69, 9.17) is 9.47 Å². The van der Waals surface area contributed by atoms with E-state index in [-0.39, 0.29) is 34.7 Å². The summed E-state index contributed by atoms with van der Waals surface area (Å²) in [5.41, 5.74) is 1.28. The second kappa shape index (κ2) is 15.0. The molecule has 2 aliphatic rings. The minimum absolute atomic E-state index is 0.0499. The number of aromatic nitrogens is 2. The van der Waals surface area contributed by atoms with Crippen LogP contribution in [0.1, 0.15) is 71.2 Å². The molecule has 10 heteroatoms. The van der Waals surface area contributed by atoms with Gasteiger partial charge in [-0.2, -0.15) is 5.10 Å². The molecule has 1 aromatic heterocycles. The summed E-state index contributed by atoms with van der Waals surface area (Å²) in [5.74, 6) is 0.460. The Morgan fingerprint density at radius 3 is 2.45 bits per heavy atom. The second-order valence-electron chi connectivity index (χ2n) is 13.7. The summed E-state index contributed by atoms with van der Waals surface area (Å²) in [4.78, 5) is 22.7. The number of carbonyl (C=O) groups excluding carboxylic acids is 1. The second-order valence-corrected chi connectivity index (χ2v) is 13.7. The van der Waals surface area contributed by atoms with Crippen molar-refractivity contribution in [2.24, 2.45) is 11.3 Å². The standard InChI is InChI=1S/C34H53FN6O3/c1-24(2)29(10-9-16-38(7)18-19-43-8)40-22-34(23-40)14-17-39(21-34)30-13-15-36-37-32(30)44-31-12-11-27(35)20-28(31)33(42)41(25(3)4)26(5)6/h11-13,15,20,24-26,29H,9-10,14,16-19,21-23H2,1-8H3/t29-/m0/s1. The molecular formula is C34H53FN6O3. The molecule has 0 radical (unpaired) electrons. The van der Waals surface area contributed by atoms with Crippen LogP contribution in [0.3, 0.4) is 0 Å². The average molecular weight is 613 g/mol. The third-order valence-electron chi connectivity index (χ3n) is 9.20. The van der Waals surface area contributed by atoms with Crippen molar-refractivity contribution >= 4 is 11.6 Å². The highest BCUT2D eigenvalue weighted by atomic mass is 19.1. The summed E-state index contributed by atoms with van der Waals surface area (Å²) < 4.78 is 25.9. The molecule has 244 valence electrons. The number of carbonyl (C=O) groups is 1. The van der Waals surface area contributed by atoms with Crippen molar-refractivity contribution in [3.63, 3.8) is 0 Å². The first-order chi connectivity index (χ1) is 20.9. The normalized spacial score (nSPS) is 17.2. The topological polar surface area (TPSA) is 74.3 Å². The van der Waals surface area contributed by atoms with E-state index in [1.165, 1.54) is 31.0 Å². The van der Waals surface area contributed by atoms with E-state index in [0.29, 0.717) is 17.8 Å². The molecule has 1 amide bonds. The predicted octanol–water partition coefficient (Wildman–Crippen LogP) is 5.56. The van der Waals surface area contributed by atoms with E-state index in [2.05, 4.69) is 45.8 Å². The number of hydrogen-bond acceptors (Lipinski definition) is 8. The molecule has 0 N–H and O–H groups in total. The van der Waals surface area contributed by atoms with Gasteiger partial charge in [0.05, 0.1) is 18.4 Å². The molecule has 9 nitrogen and oxygen atoms in total. The molecule has 0 aliphatic carbocycles. The first-order valence-corrected chi connectivity index (χ1v) is 16.2. The number of ether oxygens (including phenoxy) is 2. The molecule has 2 saturated heterocycles. The third kappa shape index (κ3) is 8.06. The fourth-order valence-electron chi connectivity index (χ4n) is 7.01. The molecule has 1 spiro atoms. The molecule has 2 fully saturated rings. The monoisotopic (exact) mass is 612 g/mol. The average Bonchev–Trinajstić information content (AvgIpc) is 3.40. The van der Waals surface area contributed by atoms with Gasteiger partial charge in [0.25, 0.3) is 11.8 Å². The number of halogens is 1. The van der Waals surface area contributed by atoms with Gasteiger partial charge in [0, 0.05) is 63.4 Å². The maximum Gasteiger partial charge on any atom is 0.262 e. The van der Waals surface area contributed by atoms with Gasteiger partial charge in [-0.15, -0.1) is 5.10 Å². The van der Waals surface area contributed by atoms with Crippen LogP contribution in [-0.4, -0.2) is 109 Å². The van der Waals surface area contributed by atoms with E-state index < -0.39 is 5.82 Å². The van der Waals surface area contributed by atoms with Crippen LogP contribution in [0.25, 0.3) is 0 Å². The van der Waals surface area contributed by atoms with E-state index in [0.717, 1.165) is 58.0 Å². The van der Waals surface area contributed by atoms with Gasteiger partial charge in [0.15, 0.2) is 0 Å². The Labute approximate surface area is 263 Å². The highest BCUT2D eigenvalue weighted by molar-refractivity contribution is 5.97. The van der Waals surface area contributed by atoms with Crippen molar-refractivity contribution < 1.29 is 18.7 Å². The number of methoxy groups -OCH3 is 1. The zero-order valence-electron chi connectivity index (χ0n) is 28.1. The number of nitrogens with zero attached hydrogens (tertiary/aromatic N) is 6. The Balaban J connectivity index is 1.43. The first-order valence-electron chi connectivity index (χ1n) is 16.2. The van der Waals surface area contributed by atoms with Crippen molar-refractivity contribution in [1.29, 1.82) is 0 Å². The first kappa shape index (κ1) is 34.1. The molecule has 4 rings (SSSR count). The quantitative estimate of drug-likeness (QED) is 0.259. The number of likely N-dealkylation sites (tertiary alicyclic amines) is 1. The summed E-state index contributed by atoms with van der Waals surface area (Å²) in [5, 5.41) is 8.42. The lowest BCUT2D eigenvalue weighted by Crippen LogP contribution is -2.62. The minimum Gasteiger partial charge on any atom is -0.435 e. The Bertz CT molecular complexity index is 1230. The summed E-state index contributed by atoms with van der Waals surface area (Å²) >= 11 is 0. The van der Waals surface area contributed by atoms with Crippen LogP contribution in [0.4, 0.5) is 10.1 Å². The number of benzene rings is 1. The van der Waals surface area contributed by atoms with Crippen LogP contribution in [0.2, 0.25) is 0 Å². The fourth-order valence-corrected chi connectivity index (χ4v) is 7.01. The van der Waals surface area contributed by atoms with Crippen LogP contribution in [0.5, 0.6) is 11.6 Å². The molecule has 44 heavy (non-hydrogen) atoms. The lowest BCUT2D eigenvalue weighted by Gasteiger charge is -2.53. The number of anilines is 1. The summed E-state index contributed by atoms with van der Waals surface area (Å²) in [6.07, 6.45) is 5.16. The van der Waals surface area contributed by atoms with Gasteiger partial charge in [-0.25, -0.2) is 4.39 Å². The molecule has 0 saturated carbocycles. The zero-order valence-corrected chi connectivity index (χ0v) is 28.1. The minimum atomic E-state index is -0.485. The van der Waals surface area contributed by atoms with Gasteiger partial charge in [-0.3, -0.25) is 9.69 Å². The smallest absolute Gasteiger partial charge is 0.262 e. The molecule has 1 atom stereocenters. The maximum atomic E-state index is 14.4. The van der Waals surface area contributed by atoms with Gasteiger partial charge >= 0.3 is 0 Å². The van der Waals surface area contributed by atoms with Gasteiger partial charge in [-0.1, -0.05) is 13.8 Å². The highest BCUT2D eigenvalue weighted by Gasteiger charge is 2.50. The van der Waals surface area contributed by atoms with Crippen LogP contribution >= 0.6 is 0 Å². The third-order valence-corrected chi connectivity index (χ3v) is 9.20. The molecule has 3 heterocycles. The van der Waals surface area contributed by atoms with Crippen LogP contribution in [0, 0.1) is 17.2 Å². The molecule has 2 aliphatic heterocycles. The van der Waals surface area contributed by atoms with Crippen LogP contribution in [-0.2, 0) is 4.74 Å². The predicted molar refractivity (Wildman–Crippen MR) is 173 cm³/mol. The van der Waals surface area contributed by atoms with Gasteiger partial charge < -0.3 is 24.2 Å². The molecule has 0 unspecified atom stereocenters. The Morgan fingerprint density at radius 1 is 1.07 bits per heavy atom. The van der Waals surface area contributed by atoms with Gasteiger partial charge in [0.1, 0.15) is 17.3 Å². The van der Waals surface area contributed by atoms with E-state index in [9.17, 15) is 9.18 Å². The van der Waals surface area contributed by atoms with Crippen molar-refractivity contribution in [3.05, 3.63) is 41.8 Å². The van der Waals surface area contributed by atoms with E-state index in [1.807, 2.05) is 33.8 Å². The summed E-state index contributed by atoms with van der Waals surface area (Å²) in [6, 6.07) is 6.48. The van der Waals surface area contributed by atoms with Crippen LogP contribution < -0.4 is 9.64 Å².